The fraction of sp³-hybridized carbons (Fsp3) is 0.391. The number of rotatable bonds is 6. The number of fused-ring (bicyclic) bond motifs is 1. The molecule has 29 heavy (non-hydrogen) atoms. The number of aromatic nitrogens is 2. The highest BCUT2D eigenvalue weighted by Crippen LogP contribution is 2.19. The molecule has 2 aromatic carbocycles. The van der Waals surface area contributed by atoms with Crippen molar-refractivity contribution in [1.29, 1.82) is 0 Å². The van der Waals surface area contributed by atoms with Crippen molar-refractivity contribution >= 4 is 16.8 Å². The Labute approximate surface area is 170 Å². The fourth-order valence-electron chi connectivity index (χ4n) is 4.13. The van der Waals surface area contributed by atoms with Gasteiger partial charge in [0.1, 0.15) is 11.5 Å². The van der Waals surface area contributed by atoms with Crippen LogP contribution >= 0.6 is 0 Å². The number of halogens is 1. The number of nitrogens with zero attached hydrogens (tertiary/aromatic N) is 3. The summed E-state index contributed by atoms with van der Waals surface area (Å²) in [7, 11) is 1.81. The maximum atomic E-state index is 13.8. The maximum absolute atomic E-state index is 13.8. The Morgan fingerprint density at radius 2 is 1.86 bits per heavy atom. The summed E-state index contributed by atoms with van der Waals surface area (Å²) in [5.41, 5.74) is 2.23. The number of carbonyl (C=O) groups is 1. The second kappa shape index (κ2) is 8.74. The standard InChI is InChI=1S/C23H27FN4O/c1-27-22(19-7-3-5-9-21(19)26-27)23(29)25-16-17-10-13-28(14-11-17)15-12-18-6-2-4-8-20(18)24/h2-9,17H,10-16H2,1H3,(H,25,29). The normalized spacial score (nSPS) is 15.7. The zero-order chi connectivity index (χ0) is 20.2. The summed E-state index contributed by atoms with van der Waals surface area (Å²) in [6.45, 7) is 3.54. The molecule has 1 aliphatic rings. The summed E-state index contributed by atoms with van der Waals surface area (Å²) in [5, 5.41) is 8.40. The predicted octanol–water partition coefficient (Wildman–Crippen LogP) is 3.40. The summed E-state index contributed by atoms with van der Waals surface area (Å²) in [4.78, 5) is 15.1. The number of nitrogens with one attached hydrogen (secondary N) is 1. The zero-order valence-electron chi connectivity index (χ0n) is 16.8. The van der Waals surface area contributed by atoms with Crippen LogP contribution in [-0.4, -0.2) is 46.8 Å². The molecule has 1 saturated heterocycles. The molecule has 1 aliphatic heterocycles. The Morgan fingerprint density at radius 3 is 2.66 bits per heavy atom. The molecule has 1 amide bonds. The first-order chi connectivity index (χ1) is 14.1. The highest BCUT2D eigenvalue weighted by atomic mass is 19.1. The maximum Gasteiger partial charge on any atom is 0.270 e. The Hall–Kier alpha value is -2.73. The second-order valence-corrected chi connectivity index (χ2v) is 7.83. The first kappa shape index (κ1) is 19.6. The summed E-state index contributed by atoms with van der Waals surface area (Å²) < 4.78 is 15.4. The number of aryl methyl sites for hydroxylation is 1. The van der Waals surface area contributed by atoms with E-state index in [0.29, 0.717) is 18.2 Å². The topological polar surface area (TPSA) is 50.2 Å². The van der Waals surface area contributed by atoms with E-state index in [0.717, 1.165) is 55.4 Å². The highest BCUT2D eigenvalue weighted by molar-refractivity contribution is 6.04. The van der Waals surface area contributed by atoms with Crippen LogP contribution in [0.5, 0.6) is 0 Å². The zero-order valence-corrected chi connectivity index (χ0v) is 16.8. The van der Waals surface area contributed by atoms with E-state index < -0.39 is 0 Å². The molecule has 1 aromatic heterocycles. The van der Waals surface area contributed by atoms with Crippen LogP contribution in [0.4, 0.5) is 4.39 Å². The van der Waals surface area contributed by atoms with Gasteiger partial charge >= 0.3 is 0 Å². The molecule has 0 bridgehead atoms. The minimum absolute atomic E-state index is 0.0665. The lowest BCUT2D eigenvalue weighted by atomic mass is 9.96. The molecule has 152 valence electrons. The van der Waals surface area contributed by atoms with Gasteiger partial charge in [-0.25, -0.2) is 4.39 Å². The number of likely N-dealkylation sites (tertiary alicyclic amines) is 1. The third-order valence-corrected chi connectivity index (χ3v) is 5.87. The van der Waals surface area contributed by atoms with Crippen LogP contribution < -0.4 is 5.32 Å². The number of piperidine rings is 1. The van der Waals surface area contributed by atoms with Crippen molar-refractivity contribution in [3.63, 3.8) is 0 Å². The van der Waals surface area contributed by atoms with Crippen LogP contribution in [0.15, 0.2) is 48.5 Å². The summed E-state index contributed by atoms with van der Waals surface area (Å²) in [6.07, 6.45) is 2.83. The minimum atomic E-state index is -0.118. The van der Waals surface area contributed by atoms with Gasteiger partial charge in [0.25, 0.3) is 5.91 Å². The van der Waals surface area contributed by atoms with Crippen molar-refractivity contribution < 1.29 is 9.18 Å². The number of carbonyl (C=O) groups excluding carboxylic acids is 1. The van der Waals surface area contributed by atoms with Crippen molar-refractivity contribution in [3.05, 3.63) is 65.6 Å². The molecule has 6 heteroatoms. The molecular weight excluding hydrogens is 367 g/mol. The minimum Gasteiger partial charge on any atom is -0.350 e. The first-order valence-corrected chi connectivity index (χ1v) is 10.3. The van der Waals surface area contributed by atoms with Crippen LogP contribution in [0.1, 0.15) is 28.9 Å². The average Bonchev–Trinajstić information content (AvgIpc) is 3.08. The fourth-order valence-corrected chi connectivity index (χ4v) is 4.13. The van der Waals surface area contributed by atoms with E-state index in [1.165, 1.54) is 6.07 Å². The third kappa shape index (κ3) is 4.48. The lowest BCUT2D eigenvalue weighted by Gasteiger charge is -2.32. The van der Waals surface area contributed by atoms with Gasteiger partial charge in [0.05, 0.1) is 5.52 Å². The molecule has 0 saturated carbocycles. The SMILES string of the molecule is Cn1nc2ccccc2c1C(=O)NCC1CCN(CCc2ccccc2F)CC1. The van der Waals surface area contributed by atoms with Crippen LogP contribution in [0.3, 0.4) is 0 Å². The number of amides is 1. The second-order valence-electron chi connectivity index (χ2n) is 7.83. The summed E-state index contributed by atoms with van der Waals surface area (Å²) >= 11 is 0. The summed E-state index contributed by atoms with van der Waals surface area (Å²) in [5.74, 6) is 0.291. The molecule has 0 radical (unpaired) electrons. The van der Waals surface area contributed by atoms with Crippen molar-refractivity contribution in [2.75, 3.05) is 26.2 Å². The van der Waals surface area contributed by atoms with Gasteiger partial charge in [-0.3, -0.25) is 9.48 Å². The average molecular weight is 394 g/mol. The first-order valence-electron chi connectivity index (χ1n) is 10.3. The smallest absolute Gasteiger partial charge is 0.270 e. The van der Waals surface area contributed by atoms with Gasteiger partial charge < -0.3 is 10.2 Å². The lowest BCUT2D eigenvalue weighted by molar-refractivity contribution is 0.0928. The van der Waals surface area contributed by atoms with Gasteiger partial charge in [-0.2, -0.15) is 5.10 Å². The van der Waals surface area contributed by atoms with E-state index in [4.69, 9.17) is 0 Å². The molecular formula is C23H27FN4O. The molecule has 3 aromatic rings. The van der Waals surface area contributed by atoms with Gasteiger partial charge in [-0.05, 0) is 56.0 Å². The molecule has 4 rings (SSSR count). The quantitative estimate of drug-likeness (QED) is 0.697. The molecule has 2 heterocycles. The van der Waals surface area contributed by atoms with Gasteiger partial charge in [0, 0.05) is 25.5 Å². The largest absolute Gasteiger partial charge is 0.350 e. The molecule has 0 spiro atoms. The number of benzene rings is 2. The monoisotopic (exact) mass is 394 g/mol. The number of hydrogen-bond acceptors (Lipinski definition) is 3. The van der Waals surface area contributed by atoms with Crippen molar-refractivity contribution in [2.24, 2.45) is 13.0 Å². The van der Waals surface area contributed by atoms with Crippen molar-refractivity contribution in [3.8, 4) is 0 Å². The molecule has 5 nitrogen and oxygen atoms in total. The van der Waals surface area contributed by atoms with Gasteiger partial charge in [-0.15, -0.1) is 0 Å². The van der Waals surface area contributed by atoms with E-state index in [2.05, 4.69) is 15.3 Å². The Kier molecular flexibility index (Phi) is 5.90. The van der Waals surface area contributed by atoms with Crippen LogP contribution in [-0.2, 0) is 13.5 Å². The molecule has 0 atom stereocenters. The van der Waals surface area contributed by atoms with Crippen molar-refractivity contribution in [2.45, 2.75) is 19.3 Å². The molecule has 0 unspecified atom stereocenters. The van der Waals surface area contributed by atoms with Crippen molar-refractivity contribution in [1.82, 2.24) is 20.0 Å². The van der Waals surface area contributed by atoms with E-state index in [1.54, 1.807) is 10.7 Å². The molecule has 1 N–H and O–H groups in total. The Bertz CT molecular complexity index is 991. The van der Waals surface area contributed by atoms with E-state index >= 15 is 0 Å². The molecule has 1 fully saturated rings. The van der Waals surface area contributed by atoms with E-state index in [9.17, 15) is 9.18 Å². The third-order valence-electron chi connectivity index (χ3n) is 5.87. The number of hydrogen-bond donors (Lipinski definition) is 1. The van der Waals surface area contributed by atoms with Gasteiger partial charge in [0.15, 0.2) is 0 Å². The molecule has 0 aliphatic carbocycles. The van der Waals surface area contributed by atoms with Gasteiger partial charge in [0.2, 0.25) is 0 Å². The van der Waals surface area contributed by atoms with E-state index in [1.807, 2.05) is 43.4 Å². The Balaban J connectivity index is 1.25. The predicted molar refractivity (Wildman–Crippen MR) is 112 cm³/mol. The highest BCUT2D eigenvalue weighted by Gasteiger charge is 2.21. The summed E-state index contributed by atoms with van der Waals surface area (Å²) in [6, 6.07) is 14.7. The van der Waals surface area contributed by atoms with Crippen LogP contribution in [0.2, 0.25) is 0 Å². The van der Waals surface area contributed by atoms with Crippen LogP contribution in [0.25, 0.3) is 10.9 Å². The van der Waals surface area contributed by atoms with E-state index in [-0.39, 0.29) is 11.7 Å². The van der Waals surface area contributed by atoms with Gasteiger partial charge in [-0.1, -0.05) is 36.4 Å². The van der Waals surface area contributed by atoms with Crippen LogP contribution in [0, 0.1) is 11.7 Å². The lowest BCUT2D eigenvalue weighted by Crippen LogP contribution is -2.39. The Morgan fingerprint density at radius 1 is 1.14 bits per heavy atom.